The molecular weight excluding hydrogens is 322 g/mol. The Morgan fingerprint density at radius 3 is 2.62 bits per heavy atom. The molecule has 0 bridgehead atoms. The fourth-order valence-electron chi connectivity index (χ4n) is 5.00. The van der Waals surface area contributed by atoms with Crippen LogP contribution in [0.5, 0.6) is 0 Å². The number of hydrogen-bond acceptors (Lipinski definition) is 2. The van der Waals surface area contributed by atoms with Gasteiger partial charge < -0.3 is 10.0 Å². The molecule has 1 aromatic carbocycles. The Balaban J connectivity index is 1.35. The van der Waals surface area contributed by atoms with Crippen molar-refractivity contribution in [2.24, 2.45) is 11.3 Å². The molecule has 1 aromatic rings. The third-order valence-corrected chi connectivity index (χ3v) is 6.86. The van der Waals surface area contributed by atoms with Gasteiger partial charge in [0.2, 0.25) is 5.91 Å². The molecule has 1 N–H and O–H groups in total. The maximum absolute atomic E-state index is 12.5. The van der Waals surface area contributed by atoms with Crippen molar-refractivity contribution in [3.63, 3.8) is 0 Å². The van der Waals surface area contributed by atoms with Crippen molar-refractivity contribution < 1.29 is 9.90 Å². The molecule has 3 nitrogen and oxygen atoms in total. The van der Waals surface area contributed by atoms with Gasteiger partial charge in [-0.25, -0.2) is 0 Å². The molecular formula is C20H26ClNO2. The Morgan fingerprint density at radius 2 is 2.00 bits per heavy atom. The molecule has 1 amide bonds. The summed E-state index contributed by atoms with van der Waals surface area (Å²) in [5.41, 5.74) is 2.18. The Morgan fingerprint density at radius 1 is 1.29 bits per heavy atom. The van der Waals surface area contributed by atoms with Gasteiger partial charge in [-0.3, -0.25) is 4.79 Å². The topological polar surface area (TPSA) is 40.5 Å². The van der Waals surface area contributed by atoms with Crippen molar-refractivity contribution in [2.45, 2.75) is 57.5 Å². The van der Waals surface area contributed by atoms with E-state index in [0.717, 1.165) is 23.7 Å². The van der Waals surface area contributed by atoms with E-state index in [1.165, 1.54) is 24.8 Å². The molecule has 130 valence electrons. The number of rotatable bonds is 2. The van der Waals surface area contributed by atoms with Gasteiger partial charge in [-0.05, 0) is 69.1 Å². The van der Waals surface area contributed by atoms with Gasteiger partial charge in [0.1, 0.15) is 0 Å². The minimum atomic E-state index is -0.619. The molecule has 0 radical (unpaired) electrons. The molecule has 3 aliphatic rings. The van der Waals surface area contributed by atoms with Crippen LogP contribution < -0.4 is 0 Å². The number of amides is 1. The molecule has 1 heterocycles. The summed E-state index contributed by atoms with van der Waals surface area (Å²) >= 11 is 6.28. The SMILES string of the molecule is Cc1ccc(C2CCC3(C2)CN(C(=O)C2CC(C)(O)C2)C3)cc1Cl. The molecule has 4 heteroatoms. The van der Waals surface area contributed by atoms with Crippen LogP contribution in [-0.2, 0) is 4.79 Å². The lowest BCUT2D eigenvalue weighted by molar-refractivity contribution is -0.161. The van der Waals surface area contributed by atoms with E-state index >= 15 is 0 Å². The molecule has 1 spiro atoms. The van der Waals surface area contributed by atoms with E-state index in [2.05, 4.69) is 18.2 Å². The fraction of sp³-hybridized carbons (Fsp3) is 0.650. The summed E-state index contributed by atoms with van der Waals surface area (Å²) in [6.45, 7) is 5.67. The quantitative estimate of drug-likeness (QED) is 0.881. The smallest absolute Gasteiger partial charge is 0.225 e. The summed E-state index contributed by atoms with van der Waals surface area (Å²) < 4.78 is 0. The van der Waals surface area contributed by atoms with Crippen molar-refractivity contribution in [3.05, 3.63) is 34.3 Å². The van der Waals surface area contributed by atoms with Crippen molar-refractivity contribution in [3.8, 4) is 0 Å². The molecule has 1 aliphatic heterocycles. The average Bonchev–Trinajstić information content (AvgIpc) is 2.91. The van der Waals surface area contributed by atoms with Gasteiger partial charge in [0.25, 0.3) is 0 Å². The monoisotopic (exact) mass is 347 g/mol. The molecule has 2 saturated carbocycles. The summed E-state index contributed by atoms with van der Waals surface area (Å²) in [7, 11) is 0. The summed E-state index contributed by atoms with van der Waals surface area (Å²) in [6, 6.07) is 6.45. The average molecular weight is 348 g/mol. The normalized spacial score (nSPS) is 34.1. The van der Waals surface area contributed by atoms with Crippen LogP contribution in [0.15, 0.2) is 18.2 Å². The van der Waals surface area contributed by atoms with E-state index in [1.54, 1.807) is 0 Å². The van der Waals surface area contributed by atoms with E-state index in [-0.39, 0.29) is 11.8 Å². The second-order valence-electron chi connectivity index (χ2n) is 8.74. The number of carbonyl (C=O) groups is 1. The first-order valence-electron chi connectivity index (χ1n) is 9.04. The number of aryl methyl sites for hydroxylation is 1. The maximum Gasteiger partial charge on any atom is 0.225 e. The third kappa shape index (κ3) is 2.76. The van der Waals surface area contributed by atoms with Crippen LogP contribution in [0.1, 0.15) is 56.1 Å². The lowest BCUT2D eigenvalue weighted by Crippen LogP contribution is -2.61. The maximum atomic E-state index is 12.5. The number of aliphatic hydroxyl groups is 1. The molecule has 4 rings (SSSR count). The highest BCUT2D eigenvalue weighted by atomic mass is 35.5. The van der Waals surface area contributed by atoms with Crippen molar-refractivity contribution in [1.82, 2.24) is 4.90 Å². The summed E-state index contributed by atoms with van der Waals surface area (Å²) in [4.78, 5) is 14.5. The highest BCUT2D eigenvalue weighted by Gasteiger charge is 2.53. The molecule has 0 aromatic heterocycles. The Kier molecular flexibility index (Phi) is 3.74. The number of likely N-dealkylation sites (tertiary alicyclic amines) is 1. The van der Waals surface area contributed by atoms with Gasteiger partial charge in [-0.2, -0.15) is 0 Å². The number of carbonyl (C=O) groups excluding carboxylic acids is 1. The first kappa shape index (κ1) is 16.4. The van der Waals surface area contributed by atoms with Gasteiger partial charge in [0, 0.05) is 29.4 Å². The molecule has 24 heavy (non-hydrogen) atoms. The largest absolute Gasteiger partial charge is 0.390 e. The second kappa shape index (κ2) is 5.47. The first-order valence-corrected chi connectivity index (χ1v) is 9.42. The number of benzene rings is 1. The zero-order valence-electron chi connectivity index (χ0n) is 14.5. The predicted molar refractivity (Wildman–Crippen MR) is 95.1 cm³/mol. The van der Waals surface area contributed by atoms with Gasteiger partial charge in [0.05, 0.1) is 5.60 Å². The Bertz CT molecular complexity index is 670. The van der Waals surface area contributed by atoms with Crippen LogP contribution >= 0.6 is 11.6 Å². The van der Waals surface area contributed by atoms with Crippen molar-refractivity contribution in [2.75, 3.05) is 13.1 Å². The predicted octanol–water partition coefficient (Wildman–Crippen LogP) is 3.91. The second-order valence-corrected chi connectivity index (χ2v) is 9.15. The van der Waals surface area contributed by atoms with Crippen molar-refractivity contribution >= 4 is 17.5 Å². The zero-order valence-corrected chi connectivity index (χ0v) is 15.3. The standard InChI is InChI=1S/C20H26ClNO2/c1-13-3-4-14(7-17(13)21)15-5-6-20(10-15)11-22(12-20)18(23)16-8-19(2,24)9-16/h3-4,7,15-16,24H,5-6,8-12H2,1-2H3. The molecule has 1 unspecified atom stereocenters. The first-order chi connectivity index (χ1) is 11.3. The summed E-state index contributed by atoms with van der Waals surface area (Å²) in [5, 5.41) is 10.7. The fourth-order valence-corrected chi connectivity index (χ4v) is 5.18. The van der Waals surface area contributed by atoms with Gasteiger partial charge in [-0.1, -0.05) is 23.7 Å². The van der Waals surface area contributed by atoms with Gasteiger partial charge >= 0.3 is 0 Å². The lowest BCUT2D eigenvalue weighted by atomic mass is 9.69. The molecule has 3 fully saturated rings. The zero-order chi connectivity index (χ0) is 17.1. The van der Waals surface area contributed by atoms with Crippen LogP contribution in [0.25, 0.3) is 0 Å². The minimum absolute atomic E-state index is 0.0467. The van der Waals surface area contributed by atoms with E-state index < -0.39 is 5.60 Å². The minimum Gasteiger partial charge on any atom is -0.390 e. The summed E-state index contributed by atoms with van der Waals surface area (Å²) in [5.74, 6) is 0.879. The van der Waals surface area contributed by atoms with Crippen LogP contribution in [0.3, 0.4) is 0 Å². The van der Waals surface area contributed by atoms with Crippen LogP contribution in [0.2, 0.25) is 5.02 Å². The highest BCUT2D eigenvalue weighted by Crippen LogP contribution is 2.53. The van der Waals surface area contributed by atoms with E-state index in [4.69, 9.17) is 11.6 Å². The van der Waals surface area contributed by atoms with Gasteiger partial charge in [0.15, 0.2) is 0 Å². The molecule has 1 saturated heterocycles. The Hall–Kier alpha value is -1.06. The summed E-state index contributed by atoms with van der Waals surface area (Å²) in [6.07, 6.45) is 4.81. The highest BCUT2D eigenvalue weighted by molar-refractivity contribution is 6.31. The van der Waals surface area contributed by atoms with Gasteiger partial charge in [-0.15, -0.1) is 0 Å². The van der Waals surface area contributed by atoms with Crippen LogP contribution in [0.4, 0.5) is 0 Å². The van der Waals surface area contributed by atoms with E-state index in [0.29, 0.717) is 24.2 Å². The number of halogens is 1. The van der Waals surface area contributed by atoms with E-state index in [1.807, 2.05) is 18.7 Å². The molecule has 1 atom stereocenters. The van der Waals surface area contributed by atoms with Crippen LogP contribution in [0, 0.1) is 18.3 Å². The van der Waals surface area contributed by atoms with Crippen LogP contribution in [-0.4, -0.2) is 34.6 Å². The van der Waals surface area contributed by atoms with E-state index in [9.17, 15) is 9.90 Å². The van der Waals surface area contributed by atoms with Crippen molar-refractivity contribution in [1.29, 1.82) is 0 Å². The molecule has 2 aliphatic carbocycles. The number of nitrogens with zero attached hydrogens (tertiary/aromatic N) is 1. The Labute approximate surface area is 149 Å². The third-order valence-electron chi connectivity index (χ3n) is 6.46. The number of hydrogen-bond donors (Lipinski definition) is 1. The lowest BCUT2D eigenvalue weighted by Gasteiger charge is -2.52.